The number of benzene rings is 3. The predicted molar refractivity (Wildman–Crippen MR) is 188 cm³/mol. The normalized spacial score (nSPS) is 15.8. The molecule has 1 aliphatic rings. The molecular formula is C35H25Cl2N5O4S2. The summed E-state index contributed by atoms with van der Waals surface area (Å²) < 4.78 is 8.24. The molecule has 1 atom stereocenters. The number of ketones is 1. The number of halogens is 2. The molecule has 0 bridgehead atoms. The van der Waals surface area contributed by atoms with Crippen LogP contribution < -0.4 is 9.64 Å². The molecule has 4 heterocycles. The van der Waals surface area contributed by atoms with Crippen LogP contribution in [0.4, 0.5) is 5.13 Å². The fourth-order valence-corrected chi connectivity index (χ4v) is 7.92. The van der Waals surface area contributed by atoms with Crippen LogP contribution in [-0.4, -0.2) is 36.4 Å². The van der Waals surface area contributed by atoms with Gasteiger partial charge in [0.25, 0.3) is 5.78 Å². The quantitative estimate of drug-likeness (QED) is 0.0524. The maximum absolute atomic E-state index is 13.8. The van der Waals surface area contributed by atoms with E-state index in [2.05, 4.69) is 15.2 Å². The molecule has 0 saturated carbocycles. The number of pyridine rings is 1. The summed E-state index contributed by atoms with van der Waals surface area (Å²) in [6.45, 7) is 2.12. The van der Waals surface area contributed by atoms with Gasteiger partial charge in [-0.15, -0.1) is 10.2 Å². The van der Waals surface area contributed by atoms with Crippen molar-refractivity contribution in [1.82, 2.24) is 19.6 Å². The predicted octanol–water partition coefficient (Wildman–Crippen LogP) is 8.30. The minimum absolute atomic E-state index is 0.0796. The zero-order valence-corrected chi connectivity index (χ0v) is 28.4. The number of carbonyl (C=O) groups excluding carboxylic acids is 2. The molecule has 1 amide bonds. The number of aromatic nitrogens is 4. The number of amides is 1. The summed E-state index contributed by atoms with van der Waals surface area (Å²) in [5.41, 5.74) is 3.79. The molecule has 1 aliphatic heterocycles. The number of ether oxygens (including phenoxy) is 1. The highest BCUT2D eigenvalue weighted by molar-refractivity contribution is 8.00. The summed E-state index contributed by atoms with van der Waals surface area (Å²) in [5.74, 6) is -0.911. The highest BCUT2D eigenvalue weighted by Gasteiger charge is 2.49. The third-order valence-electron chi connectivity index (χ3n) is 7.79. The molecule has 9 nitrogen and oxygen atoms in total. The Hall–Kier alpha value is -4.68. The lowest BCUT2D eigenvalue weighted by Crippen LogP contribution is -2.29. The molecule has 13 heteroatoms. The lowest BCUT2D eigenvalue weighted by atomic mass is 9.96. The van der Waals surface area contributed by atoms with Crippen LogP contribution in [0.1, 0.15) is 34.1 Å². The zero-order chi connectivity index (χ0) is 33.4. The minimum Gasteiger partial charge on any atom is -0.505 e. The number of hydrogen-bond acceptors (Lipinski definition) is 9. The molecule has 1 saturated heterocycles. The van der Waals surface area contributed by atoms with E-state index in [1.165, 1.54) is 28.0 Å². The summed E-state index contributed by atoms with van der Waals surface area (Å²) in [5, 5.41) is 21.7. The van der Waals surface area contributed by atoms with E-state index < -0.39 is 17.7 Å². The summed E-state index contributed by atoms with van der Waals surface area (Å²) in [4.78, 5) is 33.5. The van der Waals surface area contributed by atoms with E-state index in [1.807, 2.05) is 42.5 Å². The van der Waals surface area contributed by atoms with Crippen molar-refractivity contribution in [2.75, 3.05) is 4.90 Å². The number of aliphatic hydroxyl groups is 1. The van der Waals surface area contributed by atoms with Crippen LogP contribution in [0.15, 0.2) is 107 Å². The maximum Gasteiger partial charge on any atom is 0.301 e. The Labute approximate surface area is 293 Å². The first-order valence-corrected chi connectivity index (χ1v) is 17.3. The number of fused-ring (bicyclic) bond motifs is 1. The number of aliphatic hydroxyl groups excluding tert-OH is 1. The average molecular weight is 715 g/mol. The molecule has 1 fully saturated rings. The molecular weight excluding hydrogens is 689 g/mol. The van der Waals surface area contributed by atoms with Crippen LogP contribution in [0.3, 0.4) is 0 Å². The molecule has 7 rings (SSSR count). The third kappa shape index (κ3) is 6.17. The van der Waals surface area contributed by atoms with Gasteiger partial charge < -0.3 is 9.84 Å². The largest absolute Gasteiger partial charge is 0.505 e. The molecule has 0 spiro atoms. The van der Waals surface area contributed by atoms with Gasteiger partial charge in [-0.05, 0) is 60.0 Å². The number of anilines is 1. The number of carbonyl (C=O) groups is 2. The van der Waals surface area contributed by atoms with E-state index >= 15 is 0 Å². The number of Topliss-reactive ketones (excluding diaryl/α,β-unsaturated/α-hetero) is 1. The zero-order valence-electron chi connectivity index (χ0n) is 25.2. The minimum atomic E-state index is -1.00. The first-order chi connectivity index (χ1) is 23.3. The van der Waals surface area contributed by atoms with Crippen molar-refractivity contribution in [3.63, 3.8) is 0 Å². The van der Waals surface area contributed by atoms with Gasteiger partial charge in [-0.3, -0.25) is 18.9 Å². The SMILES string of the molecule is Cc1nc2ccccn2c1C(O)=C1C(=O)C(=O)N(c2nnc(SCc3ccc(Cl)cc3Cl)s2)C1c1ccc(OCc2ccccc2)cc1. The number of thioether (sulfide) groups is 1. The lowest BCUT2D eigenvalue weighted by Gasteiger charge is -2.22. The molecule has 240 valence electrons. The second kappa shape index (κ2) is 13.4. The Kier molecular flexibility index (Phi) is 8.93. The summed E-state index contributed by atoms with van der Waals surface area (Å²) >= 11 is 15.0. The molecule has 3 aromatic heterocycles. The second-order valence-electron chi connectivity index (χ2n) is 10.9. The maximum atomic E-state index is 13.8. The van der Waals surface area contributed by atoms with Crippen LogP contribution in [0.5, 0.6) is 5.75 Å². The van der Waals surface area contributed by atoms with Crippen molar-refractivity contribution < 1.29 is 19.4 Å². The van der Waals surface area contributed by atoms with Gasteiger partial charge in [0.05, 0.1) is 17.3 Å². The van der Waals surface area contributed by atoms with Crippen LogP contribution in [0.2, 0.25) is 10.0 Å². The Morgan fingerprint density at radius 3 is 2.52 bits per heavy atom. The van der Waals surface area contributed by atoms with E-state index in [0.29, 0.717) is 55.1 Å². The molecule has 6 aromatic rings. The molecule has 0 aliphatic carbocycles. The van der Waals surface area contributed by atoms with Crippen LogP contribution in [0.25, 0.3) is 11.4 Å². The molecule has 1 N–H and O–H groups in total. The average Bonchev–Trinajstić information content (AvgIpc) is 3.77. The highest BCUT2D eigenvalue weighted by atomic mass is 35.5. The fraction of sp³-hybridized carbons (Fsp3) is 0.114. The number of rotatable bonds is 9. The standard InChI is InChI=1S/C35H25Cl2N5O4S2/c1-20-29(41-16-6-5-9-27(41)38-20)31(43)28-30(22-11-14-25(15-12-22)46-18-21-7-3-2-4-8-21)42(33(45)32(28)44)34-39-40-35(48-34)47-19-23-10-13-24(36)17-26(23)37/h2-17,30,43H,18-19H2,1H3. The molecule has 1 unspecified atom stereocenters. The summed E-state index contributed by atoms with van der Waals surface area (Å²) in [6, 6.07) is 26.6. The lowest BCUT2D eigenvalue weighted by molar-refractivity contribution is -0.132. The Morgan fingerprint density at radius 1 is 0.979 bits per heavy atom. The topological polar surface area (TPSA) is 110 Å². The second-order valence-corrected chi connectivity index (χ2v) is 13.9. The van der Waals surface area contributed by atoms with Crippen molar-refractivity contribution in [2.24, 2.45) is 0 Å². The van der Waals surface area contributed by atoms with Crippen molar-refractivity contribution >= 4 is 74.5 Å². The van der Waals surface area contributed by atoms with Crippen LogP contribution in [-0.2, 0) is 21.9 Å². The third-order valence-corrected chi connectivity index (χ3v) is 10.5. The van der Waals surface area contributed by atoms with Crippen molar-refractivity contribution in [3.8, 4) is 5.75 Å². The van der Waals surface area contributed by atoms with E-state index in [9.17, 15) is 14.7 Å². The summed E-state index contributed by atoms with van der Waals surface area (Å²) in [7, 11) is 0. The Balaban J connectivity index is 1.26. The van der Waals surface area contributed by atoms with E-state index in [0.717, 1.165) is 11.1 Å². The van der Waals surface area contributed by atoms with Gasteiger partial charge in [0.1, 0.15) is 23.7 Å². The van der Waals surface area contributed by atoms with Gasteiger partial charge in [-0.1, -0.05) is 101 Å². The first-order valence-electron chi connectivity index (χ1n) is 14.7. The van der Waals surface area contributed by atoms with Crippen molar-refractivity contribution in [1.29, 1.82) is 0 Å². The fourth-order valence-electron chi connectivity index (χ4n) is 5.50. The van der Waals surface area contributed by atoms with Gasteiger partial charge >= 0.3 is 5.91 Å². The van der Waals surface area contributed by atoms with E-state index in [1.54, 1.807) is 66.1 Å². The van der Waals surface area contributed by atoms with Gasteiger partial charge in [-0.2, -0.15) is 0 Å². The molecule has 0 radical (unpaired) electrons. The molecule has 48 heavy (non-hydrogen) atoms. The van der Waals surface area contributed by atoms with E-state index in [4.69, 9.17) is 27.9 Å². The van der Waals surface area contributed by atoms with Crippen molar-refractivity contribution in [2.45, 2.75) is 29.7 Å². The van der Waals surface area contributed by atoms with E-state index in [-0.39, 0.29) is 16.5 Å². The van der Waals surface area contributed by atoms with Gasteiger partial charge in [0, 0.05) is 22.0 Å². The van der Waals surface area contributed by atoms with Crippen LogP contribution in [0, 0.1) is 6.92 Å². The number of hydrogen-bond donors (Lipinski definition) is 1. The number of imidazole rings is 1. The van der Waals surface area contributed by atoms with Crippen molar-refractivity contribution in [3.05, 3.63) is 141 Å². The highest BCUT2D eigenvalue weighted by Crippen LogP contribution is 2.45. The van der Waals surface area contributed by atoms with Gasteiger partial charge in [0.2, 0.25) is 5.13 Å². The van der Waals surface area contributed by atoms with Crippen LogP contribution >= 0.6 is 46.3 Å². The monoisotopic (exact) mass is 713 g/mol. The Morgan fingerprint density at radius 2 is 1.75 bits per heavy atom. The first kappa shape index (κ1) is 31.9. The van der Waals surface area contributed by atoms with Gasteiger partial charge in [-0.25, -0.2) is 4.98 Å². The number of aryl methyl sites for hydroxylation is 1. The molecule has 3 aromatic carbocycles. The summed E-state index contributed by atoms with van der Waals surface area (Å²) in [6.07, 6.45) is 1.75. The smallest absolute Gasteiger partial charge is 0.301 e. The number of nitrogens with zero attached hydrogens (tertiary/aromatic N) is 5. The van der Waals surface area contributed by atoms with Gasteiger partial charge in [0.15, 0.2) is 10.1 Å². The Bertz CT molecular complexity index is 2200.